The van der Waals surface area contributed by atoms with Gasteiger partial charge in [-0.25, -0.2) is 0 Å². The van der Waals surface area contributed by atoms with E-state index in [-0.39, 0.29) is 17.5 Å². The van der Waals surface area contributed by atoms with Crippen LogP contribution in [0, 0.1) is 0 Å². The van der Waals surface area contributed by atoms with Crippen LogP contribution in [-0.2, 0) is 10.8 Å². The van der Waals surface area contributed by atoms with Crippen molar-refractivity contribution in [3.8, 4) is 44.9 Å². The first kappa shape index (κ1) is 38.7. The molecule has 0 aliphatic carbocycles. The minimum atomic E-state index is -0.0224. The summed E-state index contributed by atoms with van der Waals surface area (Å²) in [5.74, 6) is 1.75. The monoisotopic (exact) mass is 816 g/mol. The maximum Gasteiger partial charge on any atom is 0.252 e. The maximum absolute atomic E-state index is 5.65. The van der Waals surface area contributed by atoms with Crippen molar-refractivity contribution in [2.75, 3.05) is 9.80 Å². The third kappa shape index (κ3) is 6.71. The molecule has 11 rings (SSSR count). The van der Waals surface area contributed by atoms with Crippen LogP contribution in [0.3, 0.4) is 0 Å². The Morgan fingerprint density at radius 3 is 1.08 bits per heavy atom. The van der Waals surface area contributed by atoms with Gasteiger partial charge in [0.15, 0.2) is 0 Å². The molecule has 5 heteroatoms. The van der Waals surface area contributed by atoms with Crippen molar-refractivity contribution in [2.45, 2.75) is 52.4 Å². The average Bonchev–Trinajstić information content (AvgIpc) is 4.05. The van der Waals surface area contributed by atoms with Crippen molar-refractivity contribution >= 4 is 57.2 Å². The minimum absolute atomic E-state index is 0.0224. The van der Waals surface area contributed by atoms with Crippen molar-refractivity contribution < 1.29 is 8.83 Å². The normalized spacial score (nSPS) is 13.1. The van der Waals surface area contributed by atoms with E-state index >= 15 is 0 Å². The molecule has 9 aromatic rings. The number of rotatable bonds is 6. The summed E-state index contributed by atoms with van der Waals surface area (Å²) in [7, 11) is 0. The Bertz CT molecular complexity index is 2890. The van der Waals surface area contributed by atoms with E-state index in [0.29, 0.717) is 0 Å². The van der Waals surface area contributed by atoms with Gasteiger partial charge in [-0.15, -0.1) is 0 Å². The molecule has 0 amide bonds. The van der Waals surface area contributed by atoms with Gasteiger partial charge in [0.05, 0.1) is 12.5 Å². The lowest BCUT2D eigenvalue weighted by Gasteiger charge is -2.44. The average molecular weight is 817 g/mol. The molecule has 0 saturated carbocycles. The second kappa shape index (κ2) is 14.7. The van der Waals surface area contributed by atoms with Crippen molar-refractivity contribution in [1.29, 1.82) is 0 Å². The molecular formula is C58H49BN2O2. The van der Waals surface area contributed by atoms with Gasteiger partial charge in [-0.3, -0.25) is 0 Å². The van der Waals surface area contributed by atoms with Gasteiger partial charge in [0.1, 0.15) is 11.5 Å². The molecule has 7 aromatic carbocycles. The van der Waals surface area contributed by atoms with E-state index in [4.69, 9.17) is 8.83 Å². The van der Waals surface area contributed by atoms with E-state index in [2.05, 4.69) is 203 Å². The number of hydrogen-bond acceptors (Lipinski definition) is 4. The van der Waals surface area contributed by atoms with Crippen molar-refractivity contribution in [2.24, 2.45) is 0 Å². The van der Waals surface area contributed by atoms with Crippen LogP contribution >= 0.6 is 0 Å². The summed E-state index contributed by atoms with van der Waals surface area (Å²) in [6.45, 7) is 14.0. The zero-order chi connectivity index (χ0) is 43.0. The predicted octanol–water partition coefficient (Wildman–Crippen LogP) is 14.2. The number of fused-ring (bicyclic) bond motifs is 4. The Hall–Kier alpha value is -7.24. The molecular weight excluding hydrogens is 767 g/mol. The van der Waals surface area contributed by atoms with Crippen LogP contribution in [0.5, 0.6) is 0 Å². The molecule has 0 radical (unpaired) electrons. The summed E-state index contributed by atoms with van der Waals surface area (Å²) in [6, 6.07) is 64.5. The Kier molecular flexibility index (Phi) is 9.02. The Labute approximate surface area is 371 Å². The van der Waals surface area contributed by atoms with Crippen molar-refractivity contribution in [3.63, 3.8) is 0 Å². The first-order valence-corrected chi connectivity index (χ1v) is 22.0. The van der Waals surface area contributed by atoms with E-state index in [1.54, 1.807) is 12.5 Å². The smallest absolute Gasteiger partial charge is 0.252 e. The maximum atomic E-state index is 5.65. The summed E-state index contributed by atoms with van der Waals surface area (Å²) < 4.78 is 11.3. The van der Waals surface area contributed by atoms with E-state index < -0.39 is 0 Å². The molecule has 0 N–H and O–H groups in total. The van der Waals surface area contributed by atoms with E-state index in [9.17, 15) is 0 Å². The predicted molar refractivity (Wildman–Crippen MR) is 264 cm³/mol. The third-order valence-electron chi connectivity index (χ3n) is 13.0. The first-order chi connectivity index (χ1) is 30.5. The molecule has 63 heavy (non-hydrogen) atoms. The highest BCUT2D eigenvalue weighted by Crippen LogP contribution is 2.45. The topological polar surface area (TPSA) is 32.8 Å². The highest BCUT2D eigenvalue weighted by atomic mass is 16.3. The van der Waals surface area contributed by atoms with Gasteiger partial charge in [-0.05, 0) is 133 Å². The van der Waals surface area contributed by atoms with Crippen LogP contribution in [0.25, 0.3) is 44.9 Å². The summed E-state index contributed by atoms with van der Waals surface area (Å²) in [5, 5.41) is 0. The molecule has 0 spiro atoms. The number of anilines is 6. The third-order valence-corrected chi connectivity index (χ3v) is 13.0. The quantitative estimate of drug-likeness (QED) is 0.157. The fourth-order valence-corrected chi connectivity index (χ4v) is 9.58. The Morgan fingerprint density at radius 1 is 0.365 bits per heavy atom. The lowest BCUT2D eigenvalue weighted by Crippen LogP contribution is -2.61. The molecule has 4 heterocycles. The van der Waals surface area contributed by atoms with Gasteiger partial charge in [-0.2, -0.15) is 0 Å². The molecule has 0 bridgehead atoms. The zero-order valence-corrected chi connectivity index (χ0v) is 36.7. The number of nitrogens with zero attached hydrogens (tertiary/aromatic N) is 2. The lowest BCUT2D eigenvalue weighted by molar-refractivity contribution is 0.582. The molecule has 0 unspecified atom stereocenters. The van der Waals surface area contributed by atoms with Gasteiger partial charge in [0, 0.05) is 45.3 Å². The molecule has 0 saturated heterocycles. The first-order valence-electron chi connectivity index (χ1n) is 22.0. The van der Waals surface area contributed by atoms with Gasteiger partial charge in [0.25, 0.3) is 6.71 Å². The van der Waals surface area contributed by atoms with Crippen LogP contribution in [0.2, 0.25) is 0 Å². The van der Waals surface area contributed by atoms with E-state index in [1.807, 2.05) is 24.3 Å². The van der Waals surface area contributed by atoms with Crippen molar-refractivity contribution in [1.82, 2.24) is 0 Å². The lowest BCUT2D eigenvalue weighted by atomic mass is 9.33. The highest BCUT2D eigenvalue weighted by Gasteiger charge is 2.44. The fraction of sp³-hybridized carbons (Fsp3) is 0.138. The Morgan fingerprint density at radius 2 is 0.730 bits per heavy atom. The number of benzene rings is 7. The second-order valence-electron chi connectivity index (χ2n) is 19.1. The molecule has 4 nitrogen and oxygen atoms in total. The van der Waals surface area contributed by atoms with Crippen molar-refractivity contribution in [3.05, 3.63) is 200 Å². The second-order valence-corrected chi connectivity index (χ2v) is 19.1. The highest BCUT2D eigenvalue weighted by molar-refractivity contribution is 7.00. The molecule has 2 aliphatic rings. The number of furan rings is 2. The largest absolute Gasteiger partial charge is 0.464 e. The fourth-order valence-electron chi connectivity index (χ4n) is 9.58. The molecule has 2 aliphatic heterocycles. The van der Waals surface area contributed by atoms with Gasteiger partial charge in [-0.1, -0.05) is 145 Å². The van der Waals surface area contributed by atoms with E-state index in [1.165, 1.54) is 72.5 Å². The molecule has 306 valence electrons. The number of hydrogen-bond donors (Lipinski definition) is 0. The SMILES string of the molecule is CC(C)(C)c1ccc2c(c1)B1c3cc(C(C)(C)C)ccc3N(c3ccc(-c4ccc(-c5ccco5)cc4)cc3)c3cccc(c31)N2c1ccc(-c2ccc(-c3ccco3)cc2)cc1. The standard InChI is InChI=1S/C58H49BN2O2/c1-57(2,3)44-26-32-50-48(36-44)59-49-37-45(58(4,5)6)27-33-51(49)61(47-30-24-41(25-31-47)39-16-20-43(21-17-39)55-13-9-35-63-55)53-11-7-10-52(56(53)59)60(50)46-28-22-40(23-29-46)38-14-18-42(19-15-38)54-12-8-34-62-54/h7-37H,1-6H3. The molecule has 2 aromatic heterocycles. The van der Waals surface area contributed by atoms with Crippen LogP contribution in [0.4, 0.5) is 34.1 Å². The molecule has 0 atom stereocenters. The van der Waals surface area contributed by atoms with Crippen LogP contribution in [-0.4, -0.2) is 6.71 Å². The van der Waals surface area contributed by atoms with Crippen LogP contribution < -0.4 is 26.2 Å². The van der Waals surface area contributed by atoms with Gasteiger partial charge in [0.2, 0.25) is 0 Å². The van der Waals surface area contributed by atoms with Gasteiger partial charge >= 0.3 is 0 Å². The van der Waals surface area contributed by atoms with Gasteiger partial charge < -0.3 is 18.6 Å². The Balaban J connectivity index is 1.05. The summed E-state index contributed by atoms with van der Waals surface area (Å²) in [4.78, 5) is 4.99. The van der Waals surface area contributed by atoms with Crippen LogP contribution in [0.15, 0.2) is 197 Å². The van der Waals surface area contributed by atoms with E-state index in [0.717, 1.165) is 34.0 Å². The minimum Gasteiger partial charge on any atom is -0.464 e. The summed E-state index contributed by atoms with van der Waals surface area (Å²) in [6.07, 6.45) is 3.44. The zero-order valence-electron chi connectivity index (χ0n) is 36.7. The summed E-state index contributed by atoms with van der Waals surface area (Å²) in [5.41, 5.74) is 20.5. The molecule has 0 fully saturated rings. The van der Waals surface area contributed by atoms with Crippen LogP contribution in [0.1, 0.15) is 52.7 Å². The summed E-state index contributed by atoms with van der Waals surface area (Å²) >= 11 is 0.